The number of aliphatic hydroxyl groups excluding tert-OH is 2. The molecule has 0 aromatic carbocycles. The van der Waals surface area contributed by atoms with E-state index < -0.39 is 35.2 Å². The van der Waals surface area contributed by atoms with E-state index in [4.69, 9.17) is 9.84 Å². The average molecular weight is 795 g/mol. The van der Waals surface area contributed by atoms with Gasteiger partial charge in [0.05, 0.1) is 23.5 Å². The van der Waals surface area contributed by atoms with E-state index in [-0.39, 0.29) is 42.5 Å². The van der Waals surface area contributed by atoms with Gasteiger partial charge in [-0.3, -0.25) is 9.59 Å². The number of aliphatic carboxylic acids is 1. The van der Waals surface area contributed by atoms with E-state index in [0.29, 0.717) is 36.0 Å². The number of hydrogen-bond donors (Lipinski definition) is 3. The summed E-state index contributed by atoms with van der Waals surface area (Å²) in [4.78, 5) is 35.1. The van der Waals surface area contributed by atoms with Crippen LogP contribution in [0.15, 0.2) is 46.6 Å². The van der Waals surface area contributed by atoms with Gasteiger partial charge in [0.2, 0.25) is 0 Å². The molecule has 9 nitrogen and oxygen atoms in total. The fourth-order valence-electron chi connectivity index (χ4n) is 12.1. The lowest BCUT2D eigenvalue weighted by Gasteiger charge is -2.57. The molecule has 1 aliphatic heterocycles. The van der Waals surface area contributed by atoms with Crippen molar-refractivity contribution in [1.29, 1.82) is 0 Å². The van der Waals surface area contributed by atoms with Crippen LogP contribution < -0.4 is 0 Å². The van der Waals surface area contributed by atoms with Crippen LogP contribution in [0.1, 0.15) is 146 Å². The lowest BCUT2D eigenvalue weighted by Crippen LogP contribution is -2.53. The molecule has 320 valence electrons. The number of ether oxygens (including phenoxy) is 3. The second-order valence-electron chi connectivity index (χ2n) is 19.9. The first-order valence-electron chi connectivity index (χ1n) is 22.2. The smallest absolute Gasteiger partial charge is 0.481 e. The fourth-order valence-corrected chi connectivity index (χ4v) is 12.1. The van der Waals surface area contributed by atoms with Crippen molar-refractivity contribution in [3.8, 4) is 0 Å². The van der Waals surface area contributed by atoms with Crippen molar-refractivity contribution in [2.24, 2.45) is 57.2 Å². The van der Waals surface area contributed by atoms with E-state index >= 15 is 0 Å². The highest BCUT2D eigenvalue weighted by molar-refractivity contribution is 5.77. The molecule has 7 aliphatic rings. The normalized spacial score (nSPS) is 37.3. The van der Waals surface area contributed by atoms with Gasteiger partial charge in [0.15, 0.2) is 6.10 Å². The number of esters is 1. The third-order valence-corrected chi connectivity index (χ3v) is 15.8. The molecule has 1 heterocycles. The third kappa shape index (κ3) is 9.15. The predicted octanol–water partition coefficient (Wildman–Crippen LogP) is 10.2. The van der Waals surface area contributed by atoms with E-state index in [9.17, 15) is 24.6 Å². The van der Waals surface area contributed by atoms with Crippen LogP contribution in [0.3, 0.4) is 0 Å². The molecule has 0 aromatic rings. The summed E-state index contributed by atoms with van der Waals surface area (Å²) >= 11 is 0. The Labute approximate surface area is 342 Å². The standard InChI is InChI=1S/C24H38O3.C20H30O2.C4H6O4/c1-6-19(25)15-27-22(26)24(5)13-7-12-23(4)20-10-8-17(16(2)3)14-18(20)9-11-21(23)24;1-13(2)14-6-8-16-15(12-14)7-9-17-19(16,3)10-5-11-20(17,4)18(21)22;5-1-3-2-7-4(6)8-3/h9,14,16,19-21,25H,6-8,10-13,15H2,1-5H3;7,12-13,16-17H,5-6,8-11H2,1-4H3,(H,21,22);3,5H,1-2H2. The summed E-state index contributed by atoms with van der Waals surface area (Å²) in [7, 11) is 0. The van der Waals surface area contributed by atoms with Crippen molar-refractivity contribution in [1.82, 2.24) is 0 Å². The number of allylic oxidation sites excluding steroid dienone is 8. The summed E-state index contributed by atoms with van der Waals surface area (Å²) in [5.41, 5.74) is 5.51. The van der Waals surface area contributed by atoms with E-state index in [1.165, 1.54) is 49.7 Å². The second kappa shape index (κ2) is 18.1. The van der Waals surface area contributed by atoms with Crippen LogP contribution in [0, 0.1) is 57.2 Å². The third-order valence-electron chi connectivity index (χ3n) is 15.8. The molecule has 3 N–H and O–H groups in total. The van der Waals surface area contributed by atoms with Crippen molar-refractivity contribution in [3.63, 3.8) is 0 Å². The molecule has 0 aromatic heterocycles. The first-order chi connectivity index (χ1) is 26.8. The maximum atomic E-state index is 13.1. The zero-order valence-electron chi connectivity index (χ0n) is 36.5. The van der Waals surface area contributed by atoms with Gasteiger partial charge < -0.3 is 29.5 Å². The van der Waals surface area contributed by atoms with Gasteiger partial charge in [-0.25, -0.2) is 4.79 Å². The summed E-state index contributed by atoms with van der Waals surface area (Å²) in [5, 5.41) is 28.0. The molecule has 10 atom stereocenters. The Hall–Kier alpha value is -2.91. The lowest BCUT2D eigenvalue weighted by molar-refractivity contribution is -0.172. The molecule has 0 spiro atoms. The minimum atomic E-state index is -0.691. The van der Waals surface area contributed by atoms with Crippen LogP contribution in [0.25, 0.3) is 0 Å². The average Bonchev–Trinajstić information content (AvgIpc) is 3.61. The van der Waals surface area contributed by atoms with Crippen molar-refractivity contribution < 1.29 is 43.9 Å². The van der Waals surface area contributed by atoms with Crippen LogP contribution in [0.2, 0.25) is 0 Å². The lowest BCUT2D eigenvalue weighted by atomic mass is 9.47. The highest BCUT2D eigenvalue weighted by atomic mass is 16.8. The van der Waals surface area contributed by atoms with Gasteiger partial charge in [0, 0.05) is 0 Å². The SMILES string of the molecule is CC(C)C1=CC2=CCC3C(C)(C(=O)O)CCCC3(C)C2CC1.CCC(O)COC(=O)C1(C)CCCC2(C)C3CCC(C(C)C)=CC3=CCC12.O=C1OCC(CO)O1. The predicted molar refractivity (Wildman–Crippen MR) is 222 cm³/mol. The van der Waals surface area contributed by atoms with Crippen LogP contribution in [0.5, 0.6) is 0 Å². The number of hydrogen-bond acceptors (Lipinski definition) is 8. The number of carboxylic acid groups (broad SMARTS) is 1. The maximum absolute atomic E-state index is 13.1. The van der Waals surface area contributed by atoms with Crippen molar-refractivity contribution in [2.45, 2.75) is 158 Å². The highest BCUT2D eigenvalue weighted by Crippen LogP contribution is 2.63. The number of carbonyl (C=O) groups is 3. The quantitative estimate of drug-likeness (QED) is 0.205. The maximum Gasteiger partial charge on any atom is 0.508 e. The van der Waals surface area contributed by atoms with E-state index in [2.05, 4.69) is 82.2 Å². The molecule has 0 amide bonds. The van der Waals surface area contributed by atoms with Crippen molar-refractivity contribution in [3.05, 3.63) is 46.6 Å². The number of rotatable bonds is 8. The van der Waals surface area contributed by atoms with Crippen LogP contribution in [-0.4, -0.2) is 65.4 Å². The van der Waals surface area contributed by atoms with E-state index in [1.807, 2.05) is 13.8 Å². The zero-order chi connectivity index (χ0) is 41.9. The number of fused-ring (bicyclic) bond motifs is 6. The molecule has 0 radical (unpaired) electrons. The van der Waals surface area contributed by atoms with Gasteiger partial charge in [-0.05, 0) is 142 Å². The monoisotopic (exact) mass is 795 g/mol. The fraction of sp³-hybridized carbons (Fsp3) is 0.771. The zero-order valence-corrected chi connectivity index (χ0v) is 36.5. The van der Waals surface area contributed by atoms with Gasteiger partial charge in [0.25, 0.3) is 0 Å². The molecule has 3 fully saturated rings. The molecule has 1 saturated heterocycles. The Morgan fingerprint density at radius 1 is 0.825 bits per heavy atom. The largest absolute Gasteiger partial charge is 0.508 e. The van der Waals surface area contributed by atoms with Gasteiger partial charge in [-0.15, -0.1) is 0 Å². The Bertz CT molecular complexity index is 1600. The van der Waals surface area contributed by atoms with Crippen LogP contribution >= 0.6 is 0 Å². The molecule has 6 aliphatic carbocycles. The summed E-state index contributed by atoms with van der Waals surface area (Å²) < 4.78 is 14.3. The van der Waals surface area contributed by atoms with Gasteiger partial charge in [-0.1, -0.05) is 96.8 Å². The molecule has 2 saturated carbocycles. The molecule has 7 rings (SSSR count). The summed E-state index contributed by atoms with van der Waals surface area (Å²) in [6.07, 6.45) is 21.6. The first kappa shape index (κ1) is 45.2. The van der Waals surface area contributed by atoms with Gasteiger partial charge in [0.1, 0.15) is 13.2 Å². The Morgan fingerprint density at radius 3 is 1.72 bits per heavy atom. The molecule has 10 unspecified atom stereocenters. The van der Waals surface area contributed by atoms with E-state index in [1.54, 1.807) is 11.1 Å². The number of cyclic esters (lactones) is 2. The minimum Gasteiger partial charge on any atom is -0.481 e. The molecule has 57 heavy (non-hydrogen) atoms. The minimum absolute atomic E-state index is 0.100. The number of carbonyl (C=O) groups excluding carboxylic acids is 2. The van der Waals surface area contributed by atoms with Crippen LogP contribution in [0.4, 0.5) is 4.79 Å². The Kier molecular flexibility index (Phi) is 14.4. The summed E-state index contributed by atoms with van der Waals surface area (Å²) in [6.45, 7) is 20.1. The first-order valence-corrected chi connectivity index (χ1v) is 22.2. The summed E-state index contributed by atoms with van der Waals surface area (Å²) in [6, 6.07) is 0. The second-order valence-corrected chi connectivity index (χ2v) is 19.9. The summed E-state index contributed by atoms with van der Waals surface area (Å²) in [5.74, 6) is 2.30. The highest BCUT2D eigenvalue weighted by Gasteiger charge is 2.59. The van der Waals surface area contributed by atoms with E-state index in [0.717, 1.165) is 38.5 Å². The van der Waals surface area contributed by atoms with Gasteiger partial charge in [-0.2, -0.15) is 0 Å². The van der Waals surface area contributed by atoms with Crippen molar-refractivity contribution in [2.75, 3.05) is 19.8 Å². The molecule has 0 bridgehead atoms. The van der Waals surface area contributed by atoms with Crippen LogP contribution in [-0.2, 0) is 23.8 Å². The Morgan fingerprint density at radius 2 is 1.32 bits per heavy atom. The molecular formula is C48H74O9. The topological polar surface area (TPSA) is 140 Å². The molecular weight excluding hydrogens is 721 g/mol. The Balaban J connectivity index is 0.000000185. The van der Waals surface area contributed by atoms with Gasteiger partial charge >= 0.3 is 18.1 Å². The molecule has 9 heteroatoms. The van der Waals surface area contributed by atoms with Crippen molar-refractivity contribution >= 4 is 18.1 Å². The number of carboxylic acids is 1. The number of aliphatic hydroxyl groups is 2.